The summed E-state index contributed by atoms with van der Waals surface area (Å²) in [7, 11) is 1.50. The first-order valence-electron chi connectivity index (χ1n) is 8.47. The van der Waals surface area contributed by atoms with E-state index < -0.39 is 4.92 Å². The van der Waals surface area contributed by atoms with E-state index in [2.05, 4.69) is 27.5 Å². The van der Waals surface area contributed by atoms with Crippen LogP contribution in [0.2, 0.25) is 5.02 Å². The summed E-state index contributed by atoms with van der Waals surface area (Å²) in [5.74, 6) is 0.572. The van der Waals surface area contributed by atoms with Gasteiger partial charge in [0.15, 0.2) is 0 Å². The number of hydrogen-bond acceptors (Lipinski definition) is 7. The van der Waals surface area contributed by atoms with Crippen LogP contribution in [0.3, 0.4) is 0 Å². The molecule has 0 aliphatic rings. The minimum atomic E-state index is -0.540. The van der Waals surface area contributed by atoms with E-state index in [1.165, 1.54) is 13.4 Å². The van der Waals surface area contributed by atoms with Gasteiger partial charge in [-0.05, 0) is 42.3 Å². The van der Waals surface area contributed by atoms with Gasteiger partial charge in [0.25, 0.3) is 0 Å². The van der Waals surface area contributed by atoms with E-state index >= 15 is 0 Å². The Hall–Kier alpha value is -3.39. The average molecular weight is 400 g/mol. The van der Waals surface area contributed by atoms with Gasteiger partial charge in [0.1, 0.15) is 12.1 Å². The maximum absolute atomic E-state index is 11.7. The minimum Gasteiger partial charge on any atom is -0.495 e. The molecule has 0 atom stereocenters. The second kappa shape index (κ2) is 8.53. The van der Waals surface area contributed by atoms with Gasteiger partial charge in [-0.1, -0.05) is 30.7 Å². The van der Waals surface area contributed by atoms with Crippen molar-refractivity contribution in [3.8, 4) is 5.75 Å². The third-order valence-corrected chi connectivity index (χ3v) is 4.28. The summed E-state index contributed by atoms with van der Waals surface area (Å²) in [5, 5.41) is 18.1. The van der Waals surface area contributed by atoms with Crippen LogP contribution in [0.4, 0.5) is 28.7 Å². The van der Waals surface area contributed by atoms with Crippen LogP contribution in [0.5, 0.6) is 5.75 Å². The lowest BCUT2D eigenvalue weighted by atomic mass is 10.1. The maximum Gasteiger partial charge on any atom is 0.353 e. The molecule has 1 heterocycles. The fourth-order valence-corrected chi connectivity index (χ4v) is 2.77. The molecule has 0 spiro atoms. The van der Waals surface area contributed by atoms with E-state index in [1.807, 2.05) is 24.3 Å². The van der Waals surface area contributed by atoms with Crippen LogP contribution in [-0.2, 0) is 6.42 Å². The van der Waals surface area contributed by atoms with E-state index in [-0.39, 0.29) is 17.3 Å². The van der Waals surface area contributed by atoms with Crippen LogP contribution in [0, 0.1) is 10.1 Å². The number of nitrogens with zero attached hydrogens (tertiary/aromatic N) is 3. The molecule has 0 amide bonds. The van der Waals surface area contributed by atoms with Crippen molar-refractivity contribution >= 4 is 40.3 Å². The van der Waals surface area contributed by atoms with Gasteiger partial charge in [-0.25, -0.2) is 9.97 Å². The Morgan fingerprint density at radius 3 is 2.39 bits per heavy atom. The Labute approximate surface area is 166 Å². The quantitative estimate of drug-likeness (QED) is 0.421. The van der Waals surface area contributed by atoms with Gasteiger partial charge in [-0.2, -0.15) is 0 Å². The van der Waals surface area contributed by atoms with Crippen molar-refractivity contribution in [1.82, 2.24) is 9.97 Å². The molecule has 0 bridgehead atoms. The topological polar surface area (TPSA) is 102 Å². The summed E-state index contributed by atoms with van der Waals surface area (Å²) in [6, 6.07) is 12.5. The zero-order valence-electron chi connectivity index (χ0n) is 15.3. The molecule has 3 rings (SSSR count). The van der Waals surface area contributed by atoms with E-state index in [0.29, 0.717) is 22.1 Å². The highest BCUT2D eigenvalue weighted by atomic mass is 35.5. The normalized spacial score (nSPS) is 10.4. The highest BCUT2D eigenvalue weighted by Crippen LogP contribution is 2.36. The van der Waals surface area contributed by atoms with Gasteiger partial charge in [0, 0.05) is 10.7 Å². The number of anilines is 4. The number of aromatic nitrogens is 2. The SMILES string of the molecule is CCc1ccc(Nc2ncnc(Nc3cc(Cl)ccc3OC)c2[N+](=O)[O-])cc1. The number of nitro groups is 1. The maximum atomic E-state index is 11.7. The molecule has 2 N–H and O–H groups in total. The van der Waals surface area contributed by atoms with Gasteiger partial charge < -0.3 is 15.4 Å². The Kier molecular flexibility index (Phi) is 5.90. The number of aryl methyl sites for hydroxylation is 1. The van der Waals surface area contributed by atoms with Crippen molar-refractivity contribution in [2.45, 2.75) is 13.3 Å². The zero-order valence-corrected chi connectivity index (χ0v) is 16.0. The second-order valence-corrected chi connectivity index (χ2v) is 6.26. The fourth-order valence-electron chi connectivity index (χ4n) is 2.60. The molecule has 0 aliphatic carbocycles. The number of nitrogens with one attached hydrogen (secondary N) is 2. The molecule has 3 aromatic rings. The molecule has 28 heavy (non-hydrogen) atoms. The number of ether oxygens (including phenoxy) is 1. The third-order valence-electron chi connectivity index (χ3n) is 4.04. The average Bonchev–Trinajstić information content (AvgIpc) is 2.69. The molecule has 0 radical (unpaired) electrons. The molecule has 9 heteroatoms. The third kappa shape index (κ3) is 4.29. The standard InChI is InChI=1S/C19H18ClN5O3/c1-3-12-4-7-14(8-5-12)23-18-17(25(26)27)19(22-11-21-18)24-15-10-13(20)6-9-16(15)28-2/h4-11H,3H2,1-2H3,(H2,21,22,23,24). The molecule has 144 valence electrons. The van der Waals surface area contributed by atoms with E-state index in [1.54, 1.807) is 18.2 Å². The number of halogens is 1. The number of rotatable bonds is 7. The van der Waals surface area contributed by atoms with Crippen molar-refractivity contribution in [3.63, 3.8) is 0 Å². The van der Waals surface area contributed by atoms with E-state index in [4.69, 9.17) is 16.3 Å². The van der Waals surface area contributed by atoms with Gasteiger partial charge in [-0.3, -0.25) is 10.1 Å². The lowest BCUT2D eigenvalue weighted by Crippen LogP contribution is -2.06. The first-order chi connectivity index (χ1) is 13.5. The van der Waals surface area contributed by atoms with Crippen LogP contribution in [0.25, 0.3) is 0 Å². The highest BCUT2D eigenvalue weighted by Gasteiger charge is 2.24. The smallest absolute Gasteiger partial charge is 0.353 e. The largest absolute Gasteiger partial charge is 0.495 e. The van der Waals surface area contributed by atoms with Gasteiger partial charge in [-0.15, -0.1) is 0 Å². The van der Waals surface area contributed by atoms with Crippen molar-refractivity contribution in [3.05, 3.63) is 69.5 Å². The summed E-state index contributed by atoms with van der Waals surface area (Å²) in [6.07, 6.45) is 2.15. The molecule has 0 fully saturated rings. The van der Waals surface area contributed by atoms with Crippen LogP contribution in [-0.4, -0.2) is 22.0 Å². The summed E-state index contributed by atoms with van der Waals surface area (Å²) in [5.41, 5.74) is 2.02. The van der Waals surface area contributed by atoms with Crippen molar-refractivity contribution in [1.29, 1.82) is 0 Å². The lowest BCUT2D eigenvalue weighted by molar-refractivity contribution is -0.383. The zero-order chi connectivity index (χ0) is 20.1. The minimum absolute atomic E-state index is 0.0215. The van der Waals surface area contributed by atoms with Crippen LogP contribution in [0.15, 0.2) is 48.8 Å². The van der Waals surface area contributed by atoms with Crippen molar-refractivity contribution in [2.24, 2.45) is 0 Å². The molecule has 2 aromatic carbocycles. The monoisotopic (exact) mass is 399 g/mol. The summed E-state index contributed by atoms with van der Waals surface area (Å²) >= 11 is 6.03. The number of benzene rings is 2. The highest BCUT2D eigenvalue weighted by molar-refractivity contribution is 6.31. The van der Waals surface area contributed by atoms with Crippen molar-refractivity contribution < 1.29 is 9.66 Å². The summed E-state index contributed by atoms with van der Waals surface area (Å²) in [4.78, 5) is 19.3. The Balaban J connectivity index is 1.97. The van der Waals surface area contributed by atoms with Gasteiger partial charge in [0.05, 0.1) is 17.7 Å². The van der Waals surface area contributed by atoms with Crippen molar-refractivity contribution in [2.75, 3.05) is 17.7 Å². The second-order valence-electron chi connectivity index (χ2n) is 5.82. The fraction of sp³-hybridized carbons (Fsp3) is 0.158. The number of methoxy groups -OCH3 is 1. The summed E-state index contributed by atoms with van der Waals surface area (Å²) in [6.45, 7) is 2.06. The molecule has 0 saturated carbocycles. The molecular weight excluding hydrogens is 382 g/mol. The first-order valence-corrected chi connectivity index (χ1v) is 8.85. The van der Waals surface area contributed by atoms with E-state index in [9.17, 15) is 10.1 Å². The molecule has 0 saturated heterocycles. The Bertz CT molecular complexity index is 995. The number of hydrogen-bond donors (Lipinski definition) is 2. The molecular formula is C19H18ClN5O3. The predicted molar refractivity (Wildman–Crippen MR) is 109 cm³/mol. The Morgan fingerprint density at radius 2 is 1.79 bits per heavy atom. The van der Waals surface area contributed by atoms with Crippen LogP contribution in [0.1, 0.15) is 12.5 Å². The summed E-state index contributed by atoms with van der Waals surface area (Å²) < 4.78 is 5.27. The molecule has 0 aliphatic heterocycles. The van der Waals surface area contributed by atoms with Crippen LogP contribution >= 0.6 is 11.6 Å². The first kappa shape index (κ1) is 19.4. The predicted octanol–water partition coefficient (Wildman–Crippen LogP) is 5.10. The molecule has 8 nitrogen and oxygen atoms in total. The van der Waals surface area contributed by atoms with E-state index in [0.717, 1.165) is 12.0 Å². The van der Waals surface area contributed by atoms with Gasteiger partial charge in [0.2, 0.25) is 11.6 Å². The Morgan fingerprint density at radius 1 is 1.11 bits per heavy atom. The lowest BCUT2D eigenvalue weighted by Gasteiger charge is -2.13. The molecule has 0 unspecified atom stereocenters. The molecule has 1 aromatic heterocycles. The van der Waals surface area contributed by atoms with Crippen LogP contribution < -0.4 is 15.4 Å². The van der Waals surface area contributed by atoms with Gasteiger partial charge >= 0.3 is 5.69 Å².